The Labute approximate surface area is 419 Å². The summed E-state index contributed by atoms with van der Waals surface area (Å²) in [5, 5.41) is 13.4. The fourth-order valence-corrected chi connectivity index (χ4v) is 9.49. The second-order valence-corrected chi connectivity index (χ2v) is 20.7. The Morgan fingerprint density at radius 3 is 1.77 bits per heavy atom. The zero-order valence-corrected chi connectivity index (χ0v) is 42.5. The van der Waals surface area contributed by atoms with Crippen molar-refractivity contribution in [3.05, 3.63) is 108 Å². The molecule has 380 valence electrons. The maximum atomic E-state index is 14.9. The van der Waals surface area contributed by atoms with E-state index in [1.54, 1.807) is 33.2 Å². The molecule has 1 fully saturated rings. The second kappa shape index (κ2) is 24.3. The molecule has 3 heterocycles. The molecule has 1 aliphatic heterocycles. The molecular weight excluding hydrogens is 923 g/mol. The van der Waals surface area contributed by atoms with Gasteiger partial charge < -0.3 is 46.6 Å². The number of amides is 7. The number of likely N-dealkylation sites (N-methyl/N-ethyl adjacent to an activating group) is 1. The molecule has 18 heteroatoms. The molecule has 2 aromatic heterocycles. The Balaban J connectivity index is 1.32. The molecule has 6 atom stereocenters. The van der Waals surface area contributed by atoms with Gasteiger partial charge in [-0.25, -0.2) is 4.79 Å². The molecule has 0 saturated carbocycles. The number of primary amides is 1. The number of carbonyl (C=O) groups is 7. The van der Waals surface area contributed by atoms with Crippen molar-refractivity contribution < 1.29 is 38.3 Å². The van der Waals surface area contributed by atoms with Gasteiger partial charge in [-0.15, -0.1) is 0 Å². The first-order valence-electron chi connectivity index (χ1n) is 24.2. The van der Waals surface area contributed by atoms with Gasteiger partial charge in [0.2, 0.25) is 35.4 Å². The molecular formula is C53H69N9O8S. The first-order chi connectivity index (χ1) is 33.8. The van der Waals surface area contributed by atoms with E-state index in [0.717, 1.165) is 27.4 Å². The predicted octanol–water partition coefficient (Wildman–Crippen LogP) is 5.13. The fraction of sp³-hybridized carbons (Fsp3) is 0.453. The summed E-state index contributed by atoms with van der Waals surface area (Å²) in [6.45, 7) is 9.36. The van der Waals surface area contributed by atoms with Crippen LogP contribution in [0.4, 0.5) is 4.79 Å². The van der Waals surface area contributed by atoms with Gasteiger partial charge in [-0.2, -0.15) is 11.8 Å². The zero-order chi connectivity index (χ0) is 51.4. The molecule has 0 unspecified atom stereocenters. The summed E-state index contributed by atoms with van der Waals surface area (Å²) in [7, 11) is 1.50. The van der Waals surface area contributed by atoms with E-state index in [2.05, 4.69) is 31.2 Å². The average molecular weight is 992 g/mol. The van der Waals surface area contributed by atoms with Crippen molar-refractivity contribution in [1.82, 2.24) is 41.0 Å². The molecule has 6 rings (SSSR count). The Morgan fingerprint density at radius 1 is 0.746 bits per heavy atom. The zero-order valence-electron chi connectivity index (χ0n) is 41.7. The first-order valence-corrected chi connectivity index (χ1v) is 25.6. The van der Waals surface area contributed by atoms with Crippen LogP contribution in [0.2, 0.25) is 0 Å². The molecule has 1 saturated heterocycles. The van der Waals surface area contributed by atoms with Gasteiger partial charge in [0.05, 0.1) is 0 Å². The Hall–Kier alpha value is -6.82. The summed E-state index contributed by atoms with van der Waals surface area (Å²) in [4.78, 5) is 108. The quantitative estimate of drug-likeness (QED) is 0.0486. The minimum atomic E-state index is -1.28. The SMILES string of the molecule is CSCC[C@@H](C(N)=O)N(C)C(=O)[C@H](CC(C)C)NC(=O)[C@@H](Cc1c[nH]c2ccccc12)NC(=O)[C@H](Cc1ccccc1)NC(=O)[C@@H](Cc1c[nH]c2ccccc12)NC(=O)[C@@H]1CCCN1C(=O)OC(C)(C)C. The number of likely N-dealkylation sites (tertiary alicyclic amines) is 1. The molecule has 71 heavy (non-hydrogen) atoms. The normalized spacial score (nSPS) is 15.9. The summed E-state index contributed by atoms with van der Waals surface area (Å²) >= 11 is 1.51. The van der Waals surface area contributed by atoms with Crippen LogP contribution < -0.4 is 27.0 Å². The number of thioether (sulfide) groups is 1. The number of ether oxygens (including phenoxy) is 1. The third kappa shape index (κ3) is 14.4. The number of aromatic amines is 2. The van der Waals surface area contributed by atoms with Crippen molar-refractivity contribution in [2.75, 3.05) is 25.6 Å². The van der Waals surface area contributed by atoms with Crippen molar-refractivity contribution in [3.8, 4) is 0 Å². The molecule has 3 aromatic carbocycles. The number of H-pyrrole nitrogens is 2. The lowest BCUT2D eigenvalue weighted by atomic mass is 9.99. The number of hydrogen-bond donors (Lipinski definition) is 7. The smallest absolute Gasteiger partial charge is 0.410 e. The molecule has 8 N–H and O–H groups in total. The van der Waals surface area contributed by atoms with Crippen molar-refractivity contribution >= 4 is 75.1 Å². The summed E-state index contributed by atoms with van der Waals surface area (Å²) in [6.07, 6.45) is 6.29. The van der Waals surface area contributed by atoms with Gasteiger partial charge >= 0.3 is 6.09 Å². The van der Waals surface area contributed by atoms with E-state index >= 15 is 0 Å². The van der Waals surface area contributed by atoms with Crippen LogP contribution in [0.15, 0.2) is 91.3 Å². The van der Waals surface area contributed by atoms with Crippen LogP contribution >= 0.6 is 11.8 Å². The van der Waals surface area contributed by atoms with Crippen LogP contribution in [0, 0.1) is 5.92 Å². The molecule has 0 radical (unpaired) electrons. The van der Waals surface area contributed by atoms with E-state index in [1.807, 2.05) is 99.0 Å². The standard InChI is InChI=1S/C53H69N9O8S/c1-32(2)26-43(51(68)61(6)44(46(54)63)23-25-71-7)60-49(66)41(28-34-30-55-38-20-13-11-18-36(34)38)58-47(64)40(27-33-16-9-8-10-17-33)57-48(65)42(29-35-31-56-39-21-14-12-19-37(35)39)59-50(67)45-22-15-24-62(45)52(69)70-53(3,4)5/h8-14,16-21,30-32,40-45,55-56H,15,22-29H2,1-7H3,(H2,54,63)(H,57,65)(H,58,64)(H,59,67)(H,60,66)/t40-,41+,42+,43-,44-,45-/m0/s1. The lowest BCUT2D eigenvalue weighted by molar-refractivity contribution is -0.141. The van der Waals surface area contributed by atoms with Gasteiger partial charge in [-0.3, -0.25) is 33.7 Å². The topological polar surface area (TPSA) is 241 Å². The Morgan fingerprint density at radius 2 is 1.25 bits per heavy atom. The number of aromatic nitrogens is 2. The first kappa shape index (κ1) is 53.5. The van der Waals surface area contributed by atoms with Crippen molar-refractivity contribution in [1.29, 1.82) is 0 Å². The van der Waals surface area contributed by atoms with Crippen LogP contribution in [0.25, 0.3) is 21.8 Å². The molecule has 7 amide bonds. The number of carbonyl (C=O) groups excluding carboxylic acids is 7. The van der Waals surface area contributed by atoms with Crippen molar-refractivity contribution in [3.63, 3.8) is 0 Å². The van der Waals surface area contributed by atoms with Crippen LogP contribution in [-0.2, 0) is 52.8 Å². The number of para-hydroxylation sites is 2. The predicted molar refractivity (Wildman–Crippen MR) is 276 cm³/mol. The number of nitrogens with one attached hydrogen (secondary N) is 6. The number of fused-ring (bicyclic) bond motifs is 2. The maximum Gasteiger partial charge on any atom is 0.410 e. The largest absolute Gasteiger partial charge is 0.444 e. The van der Waals surface area contributed by atoms with E-state index in [-0.39, 0.29) is 31.6 Å². The van der Waals surface area contributed by atoms with Crippen molar-refractivity contribution in [2.45, 2.75) is 121 Å². The highest BCUT2D eigenvalue weighted by atomic mass is 32.2. The van der Waals surface area contributed by atoms with Crippen LogP contribution in [0.3, 0.4) is 0 Å². The van der Waals surface area contributed by atoms with Gasteiger partial charge in [0.25, 0.3) is 0 Å². The number of nitrogens with zero attached hydrogens (tertiary/aromatic N) is 2. The van der Waals surface area contributed by atoms with Crippen LogP contribution in [0.5, 0.6) is 0 Å². The fourth-order valence-electron chi connectivity index (χ4n) is 9.03. The Kier molecular flexibility index (Phi) is 18.4. The summed E-state index contributed by atoms with van der Waals surface area (Å²) in [6, 6.07) is 17.5. The third-order valence-electron chi connectivity index (χ3n) is 12.6. The van der Waals surface area contributed by atoms with Gasteiger partial charge in [-0.05, 0) is 93.2 Å². The van der Waals surface area contributed by atoms with Crippen LogP contribution in [0.1, 0.15) is 77.0 Å². The molecule has 0 aliphatic carbocycles. The molecule has 1 aliphatic rings. The third-order valence-corrected chi connectivity index (χ3v) is 13.3. The highest BCUT2D eigenvalue weighted by molar-refractivity contribution is 7.98. The summed E-state index contributed by atoms with van der Waals surface area (Å²) in [5.41, 5.74) is 8.77. The second-order valence-electron chi connectivity index (χ2n) is 19.7. The highest BCUT2D eigenvalue weighted by Gasteiger charge is 2.40. The van der Waals surface area contributed by atoms with Crippen molar-refractivity contribution in [2.24, 2.45) is 11.7 Å². The number of hydrogen-bond acceptors (Lipinski definition) is 9. The monoisotopic (exact) mass is 991 g/mol. The van der Waals surface area contributed by atoms with Gasteiger partial charge in [0.1, 0.15) is 41.9 Å². The molecule has 0 spiro atoms. The average Bonchev–Trinajstić information content (AvgIpc) is 4.09. The van der Waals surface area contributed by atoms with E-state index in [4.69, 9.17) is 10.5 Å². The van der Waals surface area contributed by atoms with E-state index in [1.165, 1.54) is 28.6 Å². The molecule has 5 aromatic rings. The molecule has 0 bridgehead atoms. The van der Waals surface area contributed by atoms with E-state index in [0.29, 0.717) is 42.7 Å². The van der Waals surface area contributed by atoms with Gasteiger partial charge in [-0.1, -0.05) is 80.6 Å². The minimum Gasteiger partial charge on any atom is -0.444 e. The highest BCUT2D eigenvalue weighted by Crippen LogP contribution is 2.24. The Bertz CT molecular complexity index is 2660. The molecule has 17 nitrogen and oxygen atoms in total. The van der Waals surface area contributed by atoms with E-state index < -0.39 is 83.4 Å². The van der Waals surface area contributed by atoms with Gasteiger partial charge in [0.15, 0.2) is 0 Å². The van der Waals surface area contributed by atoms with E-state index in [9.17, 15) is 33.6 Å². The lowest BCUT2D eigenvalue weighted by Crippen LogP contribution is -2.60. The van der Waals surface area contributed by atoms with Gasteiger partial charge in [0, 0.05) is 67.1 Å². The maximum absolute atomic E-state index is 14.9. The number of rotatable bonds is 22. The minimum absolute atomic E-state index is 0.00155. The number of nitrogens with two attached hydrogens (primary N) is 1. The summed E-state index contributed by atoms with van der Waals surface area (Å²) in [5.74, 6) is -3.21. The number of benzene rings is 3. The van der Waals surface area contributed by atoms with Crippen LogP contribution in [-0.4, -0.2) is 129 Å². The lowest BCUT2D eigenvalue weighted by Gasteiger charge is -2.31. The summed E-state index contributed by atoms with van der Waals surface area (Å²) < 4.78 is 5.63.